The number of nitrogens with two attached hydrogens (primary N) is 1. The number of hydrogen-bond acceptors (Lipinski definition) is 3. The first-order valence-corrected chi connectivity index (χ1v) is 7.98. The number of hydrogen-bond donors (Lipinski definition) is 2. The molecule has 2 aromatic carbocycles. The predicted molar refractivity (Wildman–Crippen MR) is 80.8 cm³/mol. The van der Waals surface area contributed by atoms with Crippen molar-refractivity contribution in [2.45, 2.75) is 4.90 Å². The first-order chi connectivity index (χ1) is 9.29. The average molecular weight is 380 g/mol. The van der Waals surface area contributed by atoms with Gasteiger partial charge in [0.1, 0.15) is 5.82 Å². The van der Waals surface area contributed by atoms with Crippen molar-refractivity contribution in [1.82, 2.24) is 0 Å². The summed E-state index contributed by atoms with van der Waals surface area (Å²) in [6.45, 7) is 0. The summed E-state index contributed by atoms with van der Waals surface area (Å²) in [6.07, 6.45) is 0. The number of rotatable bonds is 3. The van der Waals surface area contributed by atoms with Crippen LogP contribution in [0.2, 0.25) is 5.02 Å². The van der Waals surface area contributed by atoms with E-state index in [9.17, 15) is 12.8 Å². The zero-order chi connectivity index (χ0) is 14.9. The Morgan fingerprint density at radius 2 is 1.90 bits per heavy atom. The molecule has 0 fully saturated rings. The van der Waals surface area contributed by atoms with E-state index in [4.69, 9.17) is 17.3 Å². The lowest BCUT2D eigenvalue weighted by atomic mass is 10.3. The number of anilines is 2. The maximum Gasteiger partial charge on any atom is 0.261 e. The van der Waals surface area contributed by atoms with E-state index in [-0.39, 0.29) is 15.6 Å². The quantitative estimate of drug-likeness (QED) is 0.800. The summed E-state index contributed by atoms with van der Waals surface area (Å²) in [5.74, 6) is -0.548. The molecule has 0 heterocycles. The van der Waals surface area contributed by atoms with Gasteiger partial charge in [-0.15, -0.1) is 0 Å². The number of nitrogens with one attached hydrogen (secondary N) is 1. The van der Waals surface area contributed by atoms with Crippen LogP contribution in [0.4, 0.5) is 15.8 Å². The summed E-state index contributed by atoms with van der Waals surface area (Å²) in [4.78, 5) is 0.0129. The largest absolute Gasteiger partial charge is 0.398 e. The van der Waals surface area contributed by atoms with Crippen molar-refractivity contribution >= 4 is 48.9 Å². The molecule has 0 aliphatic heterocycles. The molecule has 0 spiro atoms. The minimum atomic E-state index is -3.83. The van der Waals surface area contributed by atoms with E-state index >= 15 is 0 Å². The summed E-state index contributed by atoms with van der Waals surface area (Å²) in [7, 11) is -3.83. The Morgan fingerprint density at radius 3 is 2.50 bits per heavy atom. The third kappa shape index (κ3) is 3.23. The van der Waals surface area contributed by atoms with Gasteiger partial charge in [-0.25, -0.2) is 12.8 Å². The van der Waals surface area contributed by atoms with Gasteiger partial charge >= 0.3 is 0 Å². The highest BCUT2D eigenvalue weighted by Gasteiger charge is 2.17. The fourth-order valence-corrected chi connectivity index (χ4v) is 3.36. The van der Waals surface area contributed by atoms with Crippen LogP contribution in [0.5, 0.6) is 0 Å². The van der Waals surface area contributed by atoms with Crippen molar-refractivity contribution in [2.75, 3.05) is 10.5 Å². The van der Waals surface area contributed by atoms with Gasteiger partial charge in [0.2, 0.25) is 0 Å². The Labute approximate surface area is 128 Å². The van der Waals surface area contributed by atoms with Crippen LogP contribution in [0.3, 0.4) is 0 Å². The maximum atomic E-state index is 12.9. The van der Waals surface area contributed by atoms with Crippen molar-refractivity contribution in [3.8, 4) is 0 Å². The molecular formula is C12H9BrClFN2O2S. The Kier molecular flexibility index (Phi) is 4.22. The lowest BCUT2D eigenvalue weighted by molar-refractivity contribution is 0.601. The van der Waals surface area contributed by atoms with Crippen LogP contribution in [0.15, 0.2) is 45.8 Å². The van der Waals surface area contributed by atoms with E-state index in [1.165, 1.54) is 24.3 Å². The van der Waals surface area contributed by atoms with Crippen molar-refractivity contribution in [3.05, 3.63) is 51.7 Å². The van der Waals surface area contributed by atoms with Crippen LogP contribution in [0.1, 0.15) is 0 Å². The molecule has 3 N–H and O–H groups in total. The molecule has 0 unspecified atom stereocenters. The Balaban J connectivity index is 2.38. The Bertz CT molecular complexity index is 768. The lowest BCUT2D eigenvalue weighted by Gasteiger charge is -2.10. The zero-order valence-corrected chi connectivity index (χ0v) is 13.1. The summed E-state index contributed by atoms with van der Waals surface area (Å²) < 4.78 is 40.0. The van der Waals surface area contributed by atoms with Crippen LogP contribution >= 0.6 is 27.5 Å². The zero-order valence-electron chi connectivity index (χ0n) is 9.90. The molecule has 8 heteroatoms. The van der Waals surface area contributed by atoms with Crippen LogP contribution in [0, 0.1) is 5.82 Å². The molecule has 0 atom stereocenters. The van der Waals surface area contributed by atoms with Gasteiger partial charge in [0.15, 0.2) is 0 Å². The minimum Gasteiger partial charge on any atom is -0.398 e. The molecule has 0 radical (unpaired) electrons. The molecule has 0 aliphatic carbocycles. The summed E-state index contributed by atoms with van der Waals surface area (Å²) in [5, 5.41) is -0.0249. The monoisotopic (exact) mass is 378 g/mol. The van der Waals surface area contributed by atoms with E-state index in [0.29, 0.717) is 10.2 Å². The Morgan fingerprint density at radius 1 is 1.20 bits per heavy atom. The van der Waals surface area contributed by atoms with Gasteiger partial charge in [-0.05, 0) is 52.3 Å². The average Bonchev–Trinajstić information content (AvgIpc) is 2.36. The highest BCUT2D eigenvalue weighted by molar-refractivity contribution is 9.10. The summed E-state index contributed by atoms with van der Waals surface area (Å²) in [5.41, 5.74) is 6.12. The standard InChI is InChI=1S/C12H9BrClFN2O2S/c13-9-6-8(2-3-11(9)16)20(18,19)17-12-4-1-7(15)5-10(12)14/h1-6,17H,16H2. The van der Waals surface area contributed by atoms with Crippen molar-refractivity contribution in [2.24, 2.45) is 0 Å². The smallest absolute Gasteiger partial charge is 0.261 e. The van der Waals surface area contributed by atoms with Gasteiger partial charge in [0.25, 0.3) is 10.0 Å². The molecule has 0 aliphatic rings. The van der Waals surface area contributed by atoms with Crippen molar-refractivity contribution < 1.29 is 12.8 Å². The van der Waals surface area contributed by atoms with Crippen LogP contribution in [-0.4, -0.2) is 8.42 Å². The predicted octanol–water partition coefficient (Wildman–Crippen LogP) is 3.62. The molecule has 2 aromatic rings. The van der Waals surface area contributed by atoms with E-state index < -0.39 is 15.8 Å². The highest BCUT2D eigenvalue weighted by Crippen LogP contribution is 2.27. The fourth-order valence-electron chi connectivity index (χ4n) is 1.45. The normalized spacial score (nSPS) is 11.3. The third-order valence-electron chi connectivity index (χ3n) is 2.46. The van der Waals surface area contributed by atoms with E-state index in [1.54, 1.807) is 0 Å². The number of benzene rings is 2. The van der Waals surface area contributed by atoms with E-state index in [0.717, 1.165) is 12.1 Å². The second-order valence-electron chi connectivity index (χ2n) is 3.91. The fraction of sp³-hybridized carbons (Fsp3) is 0. The molecule has 0 aromatic heterocycles. The third-order valence-corrected chi connectivity index (χ3v) is 4.82. The first-order valence-electron chi connectivity index (χ1n) is 5.32. The van der Waals surface area contributed by atoms with Gasteiger partial charge in [-0.3, -0.25) is 4.72 Å². The molecule has 0 saturated heterocycles. The van der Waals surface area contributed by atoms with Crippen molar-refractivity contribution in [3.63, 3.8) is 0 Å². The highest BCUT2D eigenvalue weighted by atomic mass is 79.9. The van der Waals surface area contributed by atoms with Crippen molar-refractivity contribution in [1.29, 1.82) is 0 Å². The van der Waals surface area contributed by atoms with Gasteiger partial charge in [0.05, 0.1) is 15.6 Å². The molecule has 0 bridgehead atoms. The first kappa shape index (κ1) is 15.1. The number of halogens is 3. The molecule has 4 nitrogen and oxygen atoms in total. The lowest BCUT2D eigenvalue weighted by Crippen LogP contribution is -2.13. The number of sulfonamides is 1. The van der Waals surface area contributed by atoms with Gasteiger partial charge in [0, 0.05) is 10.2 Å². The summed E-state index contributed by atoms with van der Waals surface area (Å²) >= 11 is 8.94. The molecule has 2 rings (SSSR count). The van der Waals surface area contributed by atoms with E-state index in [2.05, 4.69) is 20.7 Å². The van der Waals surface area contributed by atoms with Gasteiger partial charge < -0.3 is 5.73 Å². The van der Waals surface area contributed by atoms with Gasteiger partial charge in [-0.1, -0.05) is 11.6 Å². The Hall–Kier alpha value is -1.31. The molecular weight excluding hydrogens is 371 g/mol. The molecule has 0 amide bonds. The SMILES string of the molecule is Nc1ccc(S(=O)(=O)Nc2ccc(F)cc2Cl)cc1Br. The minimum absolute atomic E-state index is 0.0129. The second-order valence-corrected chi connectivity index (χ2v) is 6.86. The second kappa shape index (κ2) is 5.59. The van der Waals surface area contributed by atoms with Crippen LogP contribution < -0.4 is 10.5 Å². The topological polar surface area (TPSA) is 72.2 Å². The van der Waals surface area contributed by atoms with Crippen LogP contribution in [0.25, 0.3) is 0 Å². The molecule has 0 saturated carbocycles. The van der Waals surface area contributed by atoms with E-state index in [1.807, 2.05) is 0 Å². The van der Waals surface area contributed by atoms with Crippen LogP contribution in [-0.2, 0) is 10.0 Å². The molecule has 106 valence electrons. The summed E-state index contributed by atoms with van der Waals surface area (Å²) in [6, 6.07) is 7.59. The maximum absolute atomic E-state index is 12.9. The molecule has 20 heavy (non-hydrogen) atoms. The number of nitrogen functional groups attached to an aromatic ring is 1. The van der Waals surface area contributed by atoms with Gasteiger partial charge in [-0.2, -0.15) is 0 Å².